The first kappa shape index (κ1) is 47.8. The van der Waals surface area contributed by atoms with Crippen LogP contribution in [0.2, 0.25) is 0 Å². The molecule has 0 aliphatic heterocycles. The molecule has 5 aliphatic rings. The Morgan fingerprint density at radius 3 is 1.95 bits per heavy atom. The van der Waals surface area contributed by atoms with Crippen LogP contribution in [0.15, 0.2) is 247 Å². The number of hydrogen-bond acceptors (Lipinski definition) is 1. The summed E-state index contributed by atoms with van der Waals surface area (Å²) in [4.78, 5) is 5.73. The Morgan fingerprint density at radius 1 is 0.613 bits per heavy atom. The fraction of sp³-hybridized carbons (Fsp3) is 0.176. The lowest BCUT2D eigenvalue weighted by Crippen LogP contribution is -2.44. The molecule has 13 rings (SSSR count). The number of rotatable bonds is 8. The summed E-state index contributed by atoms with van der Waals surface area (Å²) in [5, 5.41) is 0. The van der Waals surface area contributed by atoms with Gasteiger partial charge in [-0.3, -0.25) is 4.99 Å². The Balaban J connectivity index is 0.00000281. The Labute approximate surface area is 445 Å². The van der Waals surface area contributed by atoms with E-state index in [9.17, 15) is 0 Å². The number of fused-ring (bicyclic) bond motifs is 15. The van der Waals surface area contributed by atoms with Gasteiger partial charge in [-0.1, -0.05) is 240 Å². The van der Waals surface area contributed by atoms with Crippen LogP contribution in [0.1, 0.15) is 139 Å². The summed E-state index contributed by atoms with van der Waals surface area (Å²) in [6.45, 7) is 17.5. The lowest BCUT2D eigenvalue weighted by Gasteiger charge is -2.50. The zero-order chi connectivity index (χ0) is 51.4. The zero-order valence-corrected chi connectivity index (χ0v) is 44.3. The summed E-state index contributed by atoms with van der Waals surface area (Å²) >= 11 is 0. The summed E-state index contributed by atoms with van der Waals surface area (Å²) in [5.41, 5.74) is 28.5. The first-order chi connectivity index (χ1) is 36.9. The molecule has 8 aromatic carbocycles. The van der Waals surface area contributed by atoms with Gasteiger partial charge in [0.25, 0.3) is 0 Å². The SMILES string of the molecule is C=CC1=C(/C=C\C)C2(c3ccccc31)c1ccccc1C1(C3=C(CCC=C3)c3ccccc31)c1ccc(C(/C=C(\C)c3ccc(-c4cccc5c4C(C)Cc4ccccc4-5)cc3)=NC(C)c3ccccc3)cc12.CC. The predicted octanol–water partition coefficient (Wildman–Crippen LogP) is 19.0. The average molecular weight is 968 g/mol. The van der Waals surface area contributed by atoms with Crippen molar-refractivity contribution >= 4 is 22.4 Å². The third-order valence-electron chi connectivity index (χ3n) is 17.0. The van der Waals surface area contributed by atoms with Crippen molar-refractivity contribution in [3.05, 3.63) is 315 Å². The van der Waals surface area contributed by atoms with Crippen molar-refractivity contribution < 1.29 is 0 Å². The molecule has 0 bridgehead atoms. The van der Waals surface area contributed by atoms with Gasteiger partial charge in [0, 0.05) is 5.56 Å². The normalized spacial score (nSPS) is 20.2. The first-order valence-electron chi connectivity index (χ1n) is 27.4. The van der Waals surface area contributed by atoms with Crippen LogP contribution in [0.4, 0.5) is 0 Å². The van der Waals surface area contributed by atoms with Crippen LogP contribution in [-0.2, 0) is 17.3 Å². The molecule has 0 saturated carbocycles. The van der Waals surface area contributed by atoms with Gasteiger partial charge in [-0.25, -0.2) is 0 Å². The maximum absolute atomic E-state index is 5.73. The van der Waals surface area contributed by atoms with E-state index in [4.69, 9.17) is 4.99 Å². The van der Waals surface area contributed by atoms with Crippen molar-refractivity contribution in [2.75, 3.05) is 0 Å². The minimum absolute atomic E-state index is 0.0871. The molecule has 366 valence electrons. The molecule has 4 atom stereocenters. The van der Waals surface area contributed by atoms with Crippen LogP contribution in [0.3, 0.4) is 0 Å². The second-order valence-electron chi connectivity index (χ2n) is 20.8. The molecule has 5 aliphatic carbocycles. The van der Waals surface area contributed by atoms with Gasteiger partial charge in [-0.15, -0.1) is 0 Å². The van der Waals surface area contributed by atoms with Crippen molar-refractivity contribution in [2.24, 2.45) is 4.99 Å². The maximum Gasteiger partial charge on any atom is 0.0728 e. The number of aliphatic imine (C=N–C) groups is 1. The highest BCUT2D eigenvalue weighted by Gasteiger charge is 2.59. The highest BCUT2D eigenvalue weighted by atomic mass is 14.8. The van der Waals surface area contributed by atoms with Gasteiger partial charge in [0.05, 0.1) is 22.6 Å². The molecule has 4 unspecified atom stereocenters. The van der Waals surface area contributed by atoms with Crippen molar-refractivity contribution in [3.63, 3.8) is 0 Å². The van der Waals surface area contributed by atoms with Gasteiger partial charge < -0.3 is 0 Å². The molecule has 0 radical (unpaired) electrons. The molecule has 0 heterocycles. The number of nitrogens with zero attached hydrogens (tertiary/aromatic N) is 1. The molecule has 0 saturated heterocycles. The molecule has 75 heavy (non-hydrogen) atoms. The summed E-state index contributed by atoms with van der Waals surface area (Å²) in [5.74, 6) is 0.429. The second-order valence-corrected chi connectivity index (χ2v) is 20.8. The quantitative estimate of drug-likeness (QED) is 0.135. The van der Waals surface area contributed by atoms with Crippen LogP contribution in [0.25, 0.3) is 39.0 Å². The van der Waals surface area contributed by atoms with Crippen molar-refractivity contribution in [3.8, 4) is 22.3 Å². The largest absolute Gasteiger partial charge is 0.277 e. The van der Waals surface area contributed by atoms with Gasteiger partial charge in [0.1, 0.15) is 0 Å². The number of allylic oxidation sites excluding steroid dienone is 11. The van der Waals surface area contributed by atoms with Crippen molar-refractivity contribution in [2.45, 2.75) is 83.6 Å². The predicted molar refractivity (Wildman–Crippen MR) is 319 cm³/mol. The van der Waals surface area contributed by atoms with Gasteiger partial charge in [0.2, 0.25) is 0 Å². The Hall–Kier alpha value is -8.13. The first-order valence-corrected chi connectivity index (χ1v) is 27.4. The molecule has 0 fully saturated rings. The third-order valence-corrected chi connectivity index (χ3v) is 17.0. The van der Waals surface area contributed by atoms with E-state index in [1.807, 2.05) is 13.8 Å². The summed E-state index contributed by atoms with van der Waals surface area (Å²) < 4.78 is 0. The molecular formula is C74H65N. The average Bonchev–Trinajstić information content (AvgIpc) is 4.00. The summed E-state index contributed by atoms with van der Waals surface area (Å²) in [6.07, 6.45) is 17.0. The lowest BCUT2D eigenvalue weighted by atomic mass is 9.51. The third kappa shape index (κ3) is 7.22. The summed E-state index contributed by atoms with van der Waals surface area (Å²) in [7, 11) is 0. The van der Waals surface area contributed by atoms with Crippen LogP contribution < -0.4 is 0 Å². The zero-order valence-electron chi connectivity index (χ0n) is 44.3. The molecular weight excluding hydrogens is 903 g/mol. The Bertz CT molecular complexity index is 3770. The minimum Gasteiger partial charge on any atom is -0.277 e. The topological polar surface area (TPSA) is 12.4 Å². The fourth-order valence-corrected chi connectivity index (χ4v) is 14.0. The van der Waals surface area contributed by atoms with Crippen LogP contribution >= 0.6 is 0 Å². The van der Waals surface area contributed by atoms with E-state index in [1.165, 1.54) is 117 Å². The van der Waals surface area contributed by atoms with Crippen LogP contribution in [0, 0.1) is 0 Å². The minimum atomic E-state index is -0.641. The molecule has 8 aromatic rings. The van der Waals surface area contributed by atoms with Crippen molar-refractivity contribution in [1.82, 2.24) is 0 Å². The second kappa shape index (κ2) is 19.3. The highest BCUT2D eigenvalue weighted by Crippen LogP contribution is 2.67. The maximum atomic E-state index is 5.73. The molecule has 2 spiro atoms. The smallest absolute Gasteiger partial charge is 0.0728 e. The van der Waals surface area contributed by atoms with E-state index in [2.05, 4.69) is 259 Å². The molecule has 0 aromatic heterocycles. The van der Waals surface area contributed by atoms with E-state index < -0.39 is 10.8 Å². The highest BCUT2D eigenvalue weighted by molar-refractivity contribution is 6.13. The number of benzene rings is 8. The van der Waals surface area contributed by atoms with Crippen molar-refractivity contribution in [1.29, 1.82) is 0 Å². The molecule has 0 amide bonds. The summed E-state index contributed by atoms with van der Waals surface area (Å²) in [6, 6.07) is 70.8. The van der Waals surface area contributed by atoms with Gasteiger partial charge in [-0.05, 0) is 175 Å². The Kier molecular flexibility index (Phi) is 12.3. The monoisotopic (exact) mass is 968 g/mol. The fourth-order valence-electron chi connectivity index (χ4n) is 14.0. The Morgan fingerprint density at radius 2 is 1.21 bits per heavy atom. The van der Waals surface area contributed by atoms with E-state index in [0.29, 0.717) is 5.92 Å². The van der Waals surface area contributed by atoms with Gasteiger partial charge in [-0.2, -0.15) is 0 Å². The van der Waals surface area contributed by atoms with E-state index in [-0.39, 0.29) is 6.04 Å². The van der Waals surface area contributed by atoms with E-state index in [1.54, 1.807) is 0 Å². The molecule has 0 N–H and O–H groups in total. The van der Waals surface area contributed by atoms with Gasteiger partial charge >= 0.3 is 0 Å². The standard InChI is InChI=1S/C72H59N.C2H6/c1-6-22-61-54(7-2)57-27-13-16-32-62(57)72(61)66-36-20-19-35-65(66)71(63-33-17-14-28-58(63)59-29-15-18-34-64(59)71)67-42-41-53(45-68(67)72)69(73-48(5)50-23-9-8-10-24-50)44-46(3)49-37-39-51(40-38-49)56-30-21-31-60-55-26-12-11-25-52(55)43-47(4)70(56)60;1-2/h6-14,16-28,30-42,44-45,47-48H,2,15,29,43H2,1,3-5H3;1-2H3/b22-6-,46-44+,73-69?;. The van der Waals surface area contributed by atoms with E-state index >= 15 is 0 Å². The van der Waals surface area contributed by atoms with Crippen LogP contribution in [-0.4, -0.2) is 5.71 Å². The van der Waals surface area contributed by atoms with Gasteiger partial charge in [0.15, 0.2) is 0 Å². The lowest BCUT2D eigenvalue weighted by molar-refractivity contribution is 0.625. The molecule has 1 heteroatoms. The number of hydrogen-bond donors (Lipinski definition) is 0. The van der Waals surface area contributed by atoms with E-state index in [0.717, 1.165) is 30.5 Å². The van der Waals surface area contributed by atoms with Crippen LogP contribution in [0.5, 0.6) is 0 Å². The molecule has 1 nitrogen and oxygen atoms in total.